The van der Waals surface area contributed by atoms with E-state index in [0.717, 1.165) is 21.5 Å². The maximum Gasteiger partial charge on any atom is 0.0417 e. The van der Waals surface area contributed by atoms with Crippen LogP contribution in [0.1, 0.15) is 24.9 Å². The lowest BCUT2D eigenvalue weighted by Gasteiger charge is -2.11. The summed E-state index contributed by atoms with van der Waals surface area (Å²) in [6.45, 7) is 2.06. The van der Waals surface area contributed by atoms with Crippen LogP contribution < -0.4 is 5.73 Å². The minimum absolute atomic E-state index is 0. The largest absolute Gasteiger partial charge is 0.324 e. The highest BCUT2D eigenvalue weighted by molar-refractivity contribution is 9.10. The molecule has 1 aromatic carbocycles. The predicted molar refractivity (Wildman–Crippen MR) is 63.6 cm³/mol. The molecule has 0 aromatic heterocycles. The predicted octanol–water partition coefficient (Wildman–Crippen LogP) is 3.93. The van der Waals surface area contributed by atoms with Crippen molar-refractivity contribution in [2.24, 2.45) is 5.73 Å². The molecule has 2 N–H and O–H groups in total. The lowest BCUT2D eigenvalue weighted by molar-refractivity contribution is 0.695. The maximum atomic E-state index is 5.87. The van der Waals surface area contributed by atoms with Gasteiger partial charge in [0.1, 0.15) is 0 Å². The SMILES string of the molecule is CC[C@@H](N)c1ccc(Cl)cc1Br.Cl. The van der Waals surface area contributed by atoms with Crippen molar-refractivity contribution in [1.29, 1.82) is 0 Å². The Bertz CT molecular complexity index is 278. The summed E-state index contributed by atoms with van der Waals surface area (Å²) in [6.07, 6.45) is 0.931. The summed E-state index contributed by atoms with van der Waals surface area (Å²) in [5.74, 6) is 0. The van der Waals surface area contributed by atoms with E-state index < -0.39 is 0 Å². The summed E-state index contributed by atoms with van der Waals surface area (Å²) in [7, 11) is 0. The van der Waals surface area contributed by atoms with Crippen molar-refractivity contribution >= 4 is 39.9 Å². The average Bonchev–Trinajstić information content (AvgIpc) is 2.03. The van der Waals surface area contributed by atoms with E-state index in [2.05, 4.69) is 22.9 Å². The quantitative estimate of drug-likeness (QED) is 0.875. The highest BCUT2D eigenvalue weighted by Crippen LogP contribution is 2.26. The zero-order valence-corrected chi connectivity index (χ0v) is 10.4. The fourth-order valence-corrected chi connectivity index (χ4v) is 2.00. The summed E-state index contributed by atoms with van der Waals surface area (Å²) in [5.41, 5.74) is 6.98. The fourth-order valence-electron chi connectivity index (χ4n) is 1.02. The molecule has 1 atom stereocenters. The normalized spacial score (nSPS) is 12.0. The third kappa shape index (κ3) is 3.47. The summed E-state index contributed by atoms with van der Waals surface area (Å²) in [6, 6.07) is 5.78. The lowest BCUT2D eigenvalue weighted by atomic mass is 10.1. The Morgan fingerprint density at radius 3 is 2.62 bits per heavy atom. The third-order valence-electron chi connectivity index (χ3n) is 1.80. The summed E-state index contributed by atoms with van der Waals surface area (Å²) in [5, 5.41) is 0.730. The molecule has 0 unspecified atom stereocenters. The summed E-state index contributed by atoms with van der Waals surface area (Å²) in [4.78, 5) is 0. The number of hydrogen-bond donors (Lipinski definition) is 1. The van der Waals surface area contributed by atoms with Crippen molar-refractivity contribution < 1.29 is 0 Å². The molecule has 0 spiro atoms. The Morgan fingerprint density at radius 2 is 2.15 bits per heavy atom. The summed E-state index contributed by atoms with van der Waals surface area (Å²) >= 11 is 9.22. The molecule has 0 bridgehead atoms. The molecule has 0 amide bonds. The molecule has 0 aliphatic carbocycles. The molecular formula is C9H12BrCl2N. The van der Waals surface area contributed by atoms with Crippen LogP contribution in [0.2, 0.25) is 5.02 Å². The molecular weight excluding hydrogens is 273 g/mol. The van der Waals surface area contributed by atoms with Crippen LogP contribution in [0.15, 0.2) is 22.7 Å². The zero-order chi connectivity index (χ0) is 9.14. The van der Waals surface area contributed by atoms with E-state index in [1.54, 1.807) is 0 Å². The first-order chi connectivity index (χ1) is 5.65. The highest BCUT2D eigenvalue weighted by Gasteiger charge is 2.07. The van der Waals surface area contributed by atoms with Crippen LogP contribution in [0, 0.1) is 0 Å². The van der Waals surface area contributed by atoms with Crippen molar-refractivity contribution in [2.45, 2.75) is 19.4 Å². The minimum atomic E-state index is 0. The van der Waals surface area contributed by atoms with Gasteiger partial charge in [0.15, 0.2) is 0 Å². The second kappa shape index (κ2) is 5.86. The first kappa shape index (κ1) is 13.2. The molecule has 74 valence electrons. The Kier molecular flexibility index (Phi) is 5.97. The molecule has 1 nitrogen and oxygen atoms in total. The Hall–Kier alpha value is 0.240. The standard InChI is InChI=1S/C9H11BrClN.ClH/c1-2-9(12)7-4-3-6(11)5-8(7)10;/h3-5,9H,2,12H2,1H3;1H/t9-;/m1./s1. The number of hydrogen-bond acceptors (Lipinski definition) is 1. The molecule has 0 aliphatic rings. The third-order valence-corrected chi connectivity index (χ3v) is 2.72. The van der Waals surface area contributed by atoms with Crippen molar-refractivity contribution in [1.82, 2.24) is 0 Å². The maximum absolute atomic E-state index is 5.87. The van der Waals surface area contributed by atoms with Crippen LogP contribution in [0.25, 0.3) is 0 Å². The van der Waals surface area contributed by atoms with Gasteiger partial charge in [-0.05, 0) is 24.1 Å². The topological polar surface area (TPSA) is 26.0 Å². The molecule has 0 aliphatic heterocycles. The molecule has 0 radical (unpaired) electrons. The lowest BCUT2D eigenvalue weighted by Crippen LogP contribution is -2.08. The number of nitrogens with two attached hydrogens (primary N) is 1. The molecule has 0 fully saturated rings. The van der Waals surface area contributed by atoms with Crippen LogP contribution in [0.3, 0.4) is 0 Å². The van der Waals surface area contributed by atoms with Gasteiger partial charge in [-0.15, -0.1) is 12.4 Å². The van der Waals surface area contributed by atoms with Gasteiger partial charge in [-0.2, -0.15) is 0 Å². The Balaban J connectivity index is 0.00000144. The van der Waals surface area contributed by atoms with Gasteiger partial charge in [0, 0.05) is 15.5 Å². The monoisotopic (exact) mass is 283 g/mol. The smallest absolute Gasteiger partial charge is 0.0417 e. The van der Waals surface area contributed by atoms with Crippen molar-refractivity contribution in [3.05, 3.63) is 33.3 Å². The Labute approximate surface area is 98.2 Å². The summed E-state index contributed by atoms with van der Waals surface area (Å²) < 4.78 is 0.990. The first-order valence-electron chi connectivity index (χ1n) is 3.85. The van der Waals surface area contributed by atoms with Crippen LogP contribution in [0.4, 0.5) is 0 Å². The second-order valence-corrected chi connectivity index (χ2v) is 3.97. The van der Waals surface area contributed by atoms with E-state index in [9.17, 15) is 0 Å². The van der Waals surface area contributed by atoms with Gasteiger partial charge in [0.05, 0.1) is 0 Å². The van der Waals surface area contributed by atoms with E-state index in [1.807, 2.05) is 18.2 Å². The molecule has 0 saturated heterocycles. The van der Waals surface area contributed by atoms with E-state index in [0.29, 0.717) is 0 Å². The van der Waals surface area contributed by atoms with Gasteiger partial charge < -0.3 is 5.73 Å². The van der Waals surface area contributed by atoms with E-state index in [1.165, 1.54) is 0 Å². The van der Waals surface area contributed by atoms with Crippen molar-refractivity contribution in [3.63, 3.8) is 0 Å². The molecule has 13 heavy (non-hydrogen) atoms. The van der Waals surface area contributed by atoms with Crippen LogP contribution in [-0.4, -0.2) is 0 Å². The van der Waals surface area contributed by atoms with E-state index >= 15 is 0 Å². The van der Waals surface area contributed by atoms with Crippen molar-refractivity contribution in [2.75, 3.05) is 0 Å². The minimum Gasteiger partial charge on any atom is -0.324 e. The van der Waals surface area contributed by atoms with Gasteiger partial charge in [-0.1, -0.05) is 40.5 Å². The Morgan fingerprint density at radius 1 is 1.54 bits per heavy atom. The highest BCUT2D eigenvalue weighted by atomic mass is 79.9. The molecule has 0 heterocycles. The van der Waals surface area contributed by atoms with Gasteiger partial charge in [0.2, 0.25) is 0 Å². The van der Waals surface area contributed by atoms with Gasteiger partial charge in [-0.25, -0.2) is 0 Å². The molecule has 4 heteroatoms. The second-order valence-electron chi connectivity index (χ2n) is 2.68. The van der Waals surface area contributed by atoms with Crippen LogP contribution >= 0.6 is 39.9 Å². The number of rotatable bonds is 2. The van der Waals surface area contributed by atoms with Crippen molar-refractivity contribution in [3.8, 4) is 0 Å². The first-order valence-corrected chi connectivity index (χ1v) is 5.02. The van der Waals surface area contributed by atoms with Gasteiger partial charge in [0.25, 0.3) is 0 Å². The molecule has 0 saturated carbocycles. The van der Waals surface area contributed by atoms with Crippen LogP contribution in [0.5, 0.6) is 0 Å². The average molecular weight is 285 g/mol. The van der Waals surface area contributed by atoms with Crippen LogP contribution in [-0.2, 0) is 0 Å². The number of halogens is 3. The van der Waals surface area contributed by atoms with Gasteiger partial charge >= 0.3 is 0 Å². The number of benzene rings is 1. The van der Waals surface area contributed by atoms with Gasteiger partial charge in [-0.3, -0.25) is 0 Å². The van der Waals surface area contributed by atoms with E-state index in [4.69, 9.17) is 17.3 Å². The molecule has 1 rings (SSSR count). The zero-order valence-electron chi connectivity index (χ0n) is 7.26. The van der Waals surface area contributed by atoms with E-state index in [-0.39, 0.29) is 18.4 Å². The molecule has 1 aromatic rings. The fraction of sp³-hybridized carbons (Fsp3) is 0.333.